The Balaban J connectivity index is 1.75. The standard InChI is InChI=1S/C23H29N3O7S/c1-23(2,3)33-17-20-15-24(34(30,31)21-11-9-19(10-12-21)26(28)29)13-14-25(20)22(27)32-16-18-7-5-4-6-8-18/h4-12,20H,13-17H2,1-3H3. The number of carbonyl (C=O) groups excluding carboxylic acids is 1. The number of nitrogens with zero attached hydrogens (tertiary/aromatic N) is 3. The van der Waals surface area contributed by atoms with E-state index in [9.17, 15) is 23.3 Å². The lowest BCUT2D eigenvalue weighted by atomic mass is 10.1. The Morgan fingerprint density at radius 2 is 1.74 bits per heavy atom. The number of carbonyl (C=O) groups is 1. The molecule has 0 spiro atoms. The van der Waals surface area contributed by atoms with E-state index in [0.717, 1.165) is 17.7 Å². The molecule has 1 saturated heterocycles. The fraction of sp³-hybridized carbons (Fsp3) is 0.435. The number of nitro groups is 1. The van der Waals surface area contributed by atoms with E-state index in [0.29, 0.717) is 0 Å². The quantitative estimate of drug-likeness (QED) is 0.430. The van der Waals surface area contributed by atoms with Crippen molar-refractivity contribution < 1.29 is 27.6 Å². The zero-order chi connectivity index (χ0) is 24.9. The van der Waals surface area contributed by atoms with E-state index >= 15 is 0 Å². The first kappa shape index (κ1) is 25.6. The van der Waals surface area contributed by atoms with Crippen molar-refractivity contribution in [2.45, 2.75) is 43.9 Å². The van der Waals surface area contributed by atoms with Gasteiger partial charge in [-0.3, -0.25) is 10.1 Å². The first-order valence-corrected chi connectivity index (χ1v) is 12.3. The molecule has 0 aromatic heterocycles. The molecule has 34 heavy (non-hydrogen) atoms. The summed E-state index contributed by atoms with van der Waals surface area (Å²) < 4.78 is 39.0. The minimum atomic E-state index is -3.92. The van der Waals surface area contributed by atoms with Crippen molar-refractivity contribution in [2.75, 3.05) is 26.2 Å². The molecule has 1 aliphatic rings. The predicted molar refractivity (Wildman–Crippen MR) is 125 cm³/mol. The molecular weight excluding hydrogens is 462 g/mol. The molecule has 0 saturated carbocycles. The van der Waals surface area contributed by atoms with Crippen LogP contribution in [0, 0.1) is 10.1 Å². The number of hydrogen-bond acceptors (Lipinski definition) is 7. The van der Waals surface area contributed by atoms with Crippen LogP contribution in [0.4, 0.5) is 10.5 Å². The lowest BCUT2D eigenvalue weighted by Gasteiger charge is -2.40. The number of benzene rings is 2. The minimum Gasteiger partial charge on any atom is -0.445 e. The maximum Gasteiger partial charge on any atom is 0.410 e. The zero-order valence-electron chi connectivity index (χ0n) is 19.4. The molecule has 0 bridgehead atoms. The van der Waals surface area contributed by atoms with E-state index in [1.165, 1.54) is 21.3 Å². The van der Waals surface area contributed by atoms with Gasteiger partial charge < -0.3 is 14.4 Å². The van der Waals surface area contributed by atoms with Crippen LogP contribution in [0.5, 0.6) is 0 Å². The number of ether oxygens (including phenoxy) is 2. The Labute approximate surface area is 199 Å². The average Bonchev–Trinajstić information content (AvgIpc) is 2.81. The number of rotatable bonds is 7. The molecule has 1 fully saturated rings. The van der Waals surface area contributed by atoms with Crippen molar-refractivity contribution in [1.82, 2.24) is 9.21 Å². The summed E-state index contributed by atoms with van der Waals surface area (Å²) in [5, 5.41) is 10.9. The molecule has 1 heterocycles. The van der Waals surface area contributed by atoms with Crippen molar-refractivity contribution in [3.63, 3.8) is 0 Å². The number of non-ortho nitro benzene ring substituents is 1. The van der Waals surface area contributed by atoms with E-state index in [1.807, 2.05) is 51.1 Å². The first-order valence-electron chi connectivity index (χ1n) is 10.8. The number of sulfonamides is 1. The van der Waals surface area contributed by atoms with Gasteiger partial charge in [0.15, 0.2) is 0 Å². The largest absolute Gasteiger partial charge is 0.445 e. The Morgan fingerprint density at radius 3 is 2.32 bits per heavy atom. The van der Waals surface area contributed by atoms with Gasteiger partial charge in [-0.05, 0) is 38.5 Å². The summed E-state index contributed by atoms with van der Waals surface area (Å²) in [4.78, 5) is 24.6. The molecule has 11 heteroatoms. The Hall–Kier alpha value is -3.02. The van der Waals surface area contributed by atoms with Crippen LogP contribution in [0.25, 0.3) is 0 Å². The summed E-state index contributed by atoms with van der Waals surface area (Å²) in [6.07, 6.45) is -0.543. The lowest BCUT2D eigenvalue weighted by molar-refractivity contribution is -0.384. The maximum absolute atomic E-state index is 13.2. The third-order valence-corrected chi connectivity index (χ3v) is 7.16. The van der Waals surface area contributed by atoms with E-state index < -0.39 is 32.7 Å². The van der Waals surface area contributed by atoms with Crippen LogP contribution >= 0.6 is 0 Å². The third kappa shape index (κ3) is 6.52. The molecule has 2 aromatic carbocycles. The number of hydrogen-bond donors (Lipinski definition) is 0. The van der Waals surface area contributed by atoms with Gasteiger partial charge in [-0.25, -0.2) is 13.2 Å². The van der Waals surface area contributed by atoms with Crippen molar-refractivity contribution in [3.05, 3.63) is 70.3 Å². The van der Waals surface area contributed by atoms with E-state index in [-0.39, 0.29) is 43.4 Å². The number of piperazine rings is 1. The Kier molecular flexibility index (Phi) is 7.90. The summed E-state index contributed by atoms with van der Waals surface area (Å²) in [5.74, 6) is 0. The zero-order valence-corrected chi connectivity index (χ0v) is 20.2. The molecule has 1 unspecified atom stereocenters. The molecular formula is C23H29N3O7S. The van der Waals surface area contributed by atoms with Gasteiger partial charge in [-0.15, -0.1) is 0 Å². The Bertz CT molecular complexity index is 1100. The second kappa shape index (κ2) is 10.5. The van der Waals surface area contributed by atoms with Crippen LogP contribution in [-0.4, -0.2) is 66.5 Å². The van der Waals surface area contributed by atoms with Crippen LogP contribution in [0.2, 0.25) is 0 Å². The van der Waals surface area contributed by atoms with Crippen LogP contribution < -0.4 is 0 Å². The molecule has 2 aromatic rings. The normalized spacial score (nSPS) is 17.4. The molecule has 0 aliphatic carbocycles. The SMILES string of the molecule is CC(C)(C)OCC1CN(S(=O)(=O)c2ccc([N+](=O)[O-])cc2)CCN1C(=O)OCc1ccccc1. The molecule has 1 atom stereocenters. The van der Waals surface area contributed by atoms with Gasteiger partial charge >= 0.3 is 6.09 Å². The van der Waals surface area contributed by atoms with Gasteiger partial charge in [-0.1, -0.05) is 30.3 Å². The second-order valence-corrected chi connectivity index (χ2v) is 10.9. The van der Waals surface area contributed by atoms with E-state index in [4.69, 9.17) is 9.47 Å². The fourth-order valence-corrected chi connectivity index (χ4v) is 4.93. The molecule has 1 aliphatic heterocycles. The van der Waals surface area contributed by atoms with E-state index in [1.54, 1.807) is 0 Å². The Morgan fingerprint density at radius 1 is 1.09 bits per heavy atom. The summed E-state index contributed by atoms with van der Waals surface area (Å²) in [7, 11) is -3.92. The summed E-state index contributed by atoms with van der Waals surface area (Å²) >= 11 is 0. The van der Waals surface area contributed by atoms with Gasteiger partial charge in [0.25, 0.3) is 5.69 Å². The first-order chi connectivity index (χ1) is 16.0. The number of nitro benzene ring substituents is 1. The highest BCUT2D eigenvalue weighted by atomic mass is 32.2. The maximum atomic E-state index is 13.2. The van der Waals surface area contributed by atoms with E-state index in [2.05, 4.69) is 0 Å². The van der Waals surface area contributed by atoms with Gasteiger partial charge in [0.2, 0.25) is 10.0 Å². The minimum absolute atomic E-state index is 0.00976. The van der Waals surface area contributed by atoms with Crippen molar-refractivity contribution >= 4 is 21.8 Å². The van der Waals surface area contributed by atoms with Crippen LogP contribution in [0.3, 0.4) is 0 Å². The van der Waals surface area contributed by atoms with Gasteiger partial charge in [0, 0.05) is 31.8 Å². The average molecular weight is 492 g/mol. The highest BCUT2D eigenvalue weighted by molar-refractivity contribution is 7.89. The number of amides is 1. The molecule has 0 N–H and O–H groups in total. The van der Waals surface area contributed by atoms with Crippen LogP contribution in [0.1, 0.15) is 26.3 Å². The van der Waals surface area contributed by atoms with Crippen LogP contribution in [-0.2, 0) is 26.1 Å². The summed E-state index contributed by atoms with van der Waals surface area (Å²) in [6, 6.07) is 13.5. The van der Waals surface area contributed by atoms with Gasteiger partial charge in [0.05, 0.1) is 28.1 Å². The van der Waals surface area contributed by atoms with Gasteiger partial charge in [-0.2, -0.15) is 4.31 Å². The molecule has 0 radical (unpaired) electrons. The van der Waals surface area contributed by atoms with Crippen molar-refractivity contribution in [1.29, 1.82) is 0 Å². The third-order valence-electron chi connectivity index (χ3n) is 5.28. The molecule has 1 amide bonds. The van der Waals surface area contributed by atoms with Crippen molar-refractivity contribution in [3.8, 4) is 0 Å². The van der Waals surface area contributed by atoms with Gasteiger partial charge in [0.1, 0.15) is 6.61 Å². The predicted octanol–water partition coefficient (Wildman–Crippen LogP) is 3.42. The second-order valence-electron chi connectivity index (χ2n) is 8.92. The smallest absolute Gasteiger partial charge is 0.410 e. The lowest BCUT2D eigenvalue weighted by Crippen LogP contribution is -2.58. The highest BCUT2D eigenvalue weighted by Gasteiger charge is 2.38. The van der Waals surface area contributed by atoms with Crippen molar-refractivity contribution in [2.24, 2.45) is 0 Å². The summed E-state index contributed by atoms with van der Waals surface area (Å²) in [5.41, 5.74) is 0.165. The molecule has 10 nitrogen and oxygen atoms in total. The topological polar surface area (TPSA) is 119 Å². The molecule has 184 valence electrons. The monoisotopic (exact) mass is 491 g/mol. The molecule has 3 rings (SSSR count). The summed E-state index contributed by atoms with van der Waals surface area (Å²) in [6.45, 7) is 6.04. The fourth-order valence-electron chi connectivity index (χ4n) is 3.47. The van der Waals surface area contributed by atoms with Crippen LogP contribution in [0.15, 0.2) is 59.5 Å². The highest BCUT2D eigenvalue weighted by Crippen LogP contribution is 2.24.